The Labute approximate surface area is 345 Å². The van der Waals surface area contributed by atoms with Crippen molar-refractivity contribution < 1.29 is 9.47 Å². The number of para-hydroxylation sites is 2. The van der Waals surface area contributed by atoms with Gasteiger partial charge in [-0.2, -0.15) is 0 Å². The molecule has 1 aliphatic rings. The van der Waals surface area contributed by atoms with E-state index in [2.05, 4.69) is 174 Å². The van der Waals surface area contributed by atoms with Crippen LogP contribution in [0.5, 0.6) is 23.0 Å². The maximum atomic E-state index is 6.59. The molecule has 0 amide bonds. The molecule has 278 valence electrons. The van der Waals surface area contributed by atoms with Crippen LogP contribution in [0.4, 0.5) is 22.1 Å². The lowest BCUT2D eigenvalue weighted by molar-refractivity contribution is 0.364. The Morgan fingerprint density at radius 2 is 0.983 bits per heavy atom. The first-order valence-electron chi connectivity index (χ1n) is 19.1. The molecule has 7 aromatic carbocycles. The van der Waals surface area contributed by atoms with Gasteiger partial charge in [-0.05, 0) is 95.6 Å². The molecule has 0 N–H and O–H groups in total. The molecule has 0 atom stereocenters. The van der Waals surface area contributed by atoms with Crippen LogP contribution in [0.2, 0.25) is 0 Å². The summed E-state index contributed by atoms with van der Waals surface area (Å²) in [5.74, 6) is 2.93. The van der Waals surface area contributed by atoms with E-state index in [1.165, 1.54) is 26.8 Å². The molecular formula is C52H36N2O2S2. The molecule has 0 saturated carbocycles. The van der Waals surface area contributed by atoms with Gasteiger partial charge in [0.05, 0.1) is 9.75 Å². The number of allylic oxidation sites excluding steroid dienone is 1. The second-order valence-corrected chi connectivity index (χ2v) is 16.0. The second-order valence-electron chi connectivity index (χ2n) is 13.9. The van der Waals surface area contributed by atoms with Crippen molar-refractivity contribution in [3.05, 3.63) is 188 Å². The SMILES string of the molecule is C=Nc1sc2c(-c3ccc(N(c4ccc(-c5ccccc5)cc4)c4ccc(-c5sc(-c6ccccc6)c6c5Oc5ccccc5O6)cc4)cc3)cccc2c1/C=C\C. The predicted octanol–water partition coefficient (Wildman–Crippen LogP) is 16.4. The van der Waals surface area contributed by atoms with Crippen molar-refractivity contribution in [1.82, 2.24) is 0 Å². The summed E-state index contributed by atoms with van der Waals surface area (Å²) in [7, 11) is 0. The van der Waals surface area contributed by atoms with E-state index in [0.29, 0.717) is 5.75 Å². The number of hydrogen-bond donors (Lipinski definition) is 0. The molecule has 58 heavy (non-hydrogen) atoms. The van der Waals surface area contributed by atoms with E-state index in [1.54, 1.807) is 22.7 Å². The van der Waals surface area contributed by atoms with Crippen LogP contribution in [0.1, 0.15) is 12.5 Å². The maximum Gasteiger partial charge on any atom is 0.189 e. The van der Waals surface area contributed by atoms with Crippen molar-refractivity contribution in [3.63, 3.8) is 0 Å². The van der Waals surface area contributed by atoms with Gasteiger partial charge in [-0.15, -0.1) is 22.7 Å². The summed E-state index contributed by atoms with van der Waals surface area (Å²) >= 11 is 3.38. The number of hydrogen-bond acceptors (Lipinski definition) is 6. The zero-order valence-electron chi connectivity index (χ0n) is 31.6. The number of thiophene rings is 2. The molecule has 1 aliphatic heterocycles. The molecule has 0 bridgehead atoms. The van der Waals surface area contributed by atoms with Gasteiger partial charge in [0.15, 0.2) is 23.0 Å². The van der Waals surface area contributed by atoms with Gasteiger partial charge in [0, 0.05) is 32.7 Å². The zero-order chi connectivity index (χ0) is 39.0. The molecule has 0 radical (unpaired) electrons. The molecule has 6 heteroatoms. The summed E-state index contributed by atoms with van der Waals surface area (Å²) in [4.78, 5) is 8.73. The predicted molar refractivity (Wildman–Crippen MR) is 247 cm³/mol. The van der Waals surface area contributed by atoms with Gasteiger partial charge in [-0.25, -0.2) is 0 Å². The fourth-order valence-corrected chi connectivity index (χ4v) is 9.92. The first kappa shape index (κ1) is 35.4. The van der Waals surface area contributed by atoms with Gasteiger partial charge in [-0.3, -0.25) is 4.99 Å². The molecule has 0 aliphatic carbocycles. The summed E-state index contributed by atoms with van der Waals surface area (Å²) in [6, 6.07) is 61.6. The average Bonchev–Trinajstić information content (AvgIpc) is 3.85. The number of benzene rings is 7. The summed E-state index contributed by atoms with van der Waals surface area (Å²) in [6.07, 6.45) is 4.18. The molecule has 0 saturated heterocycles. The van der Waals surface area contributed by atoms with Crippen LogP contribution in [0.25, 0.3) is 59.3 Å². The Hall–Kier alpha value is -6.99. The Morgan fingerprint density at radius 3 is 1.53 bits per heavy atom. The molecule has 9 aromatic rings. The van der Waals surface area contributed by atoms with E-state index in [0.717, 1.165) is 71.3 Å². The van der Waals surface area contributed by atoms with Crippen LogP contribution in [0, 0.1) is 0 Å². The standard InChI is InChI=1S/C52H36N2O2S2/c1-3-13-44-43-19-12-18-42(51(43)58-52(44)53-2)36-24-30-40(31-25-36)54(39-28-22-35(23-29-39)34-14-6-4-7-15-34)41-32-26-38(27-33-41)50-48-47(49(57-50)37-16-8-5-9-17-37)55-45-20-10-11-21-46(45)56-48/h3-33H,2H2,1H3/b13-3-. The van der Waals surface area contributed by atoms with E-state index in [1.807, 2.05) is 37.3 Å². The van der Waals surface area contributed by atoms with Crippen molar-refractivity contribution in [3.8, 4) is 66.1 Å². The van der Waals surface area contributed by atoms with Gasteiger partial charge >= 0.3 is 0 Å². The lowest BCUT2D eigenvalue weighted by Crippen LogP contribution is -2.09. The Kier molecular flexibility index (Phi) is 9.26. The number of nitrogens with zero attached hydrogens (tertiary/aromatic N) is 2. The van der Waals surface area contributed by atoms with E-state index >= 15 is 0 Å². The highest BCUT2D eigenvalue weighted by molar-refractivity contribution is 7.23. The van der Waals surface area contributed by atoms with Crippen molar-refractivity contribution in [2.75, 3.05) is 4.90 Å². The van der Waals surface area contributed by atoms with Gasteiger partial charge in [0.1, 0.15) is 5.00 Å². The topological polar surface area (TPSA) is 34.1 Å². The second kappa shape index (κ2) is 15.2. The molecular weight excluding hydrogens is 749 g/mol. The minimum atomic E-state index is 0.713. The minimum absolute atomic E-state index is 0.713. The number of aliphatic imine (C=N–C) groups is 1. The van der Waals surface area contributed by atoms with E-state index in [4.69, 9.17) is 9.47 Å². The third-order valence-corrected chi connectivity index (χ3v) is 12.8. The van der Waals surface area contributed by atoms with Crippen molar-refractivity contribution in [1.29, 1.82) is 0 Å². The molecule has 2 aromatic heterocycles. The minimum Gasteiger partial charge on any atom is -0.448 e. The summed E-state index contributed by atoms with van der Waals surface area (Å²) in [6.45, 7) is 5.89. The summed E-state index contributed by atoms with van der Waals surface area (Å²) in [5.41, 5.74) is 11.1. The monoisotopic (exact) mass is 784 g/mol. The largest absolute Gasteiger partial charge is 0.448 e. The van der Waals surface area contributed by atoms with E-state index in [9.17, 15) is 0 Å². The van der Waals surface area contributed by atoms with Crippen molar-refractivity contribution in [2.45, 2.75) is 6.92 Å². The first-order valence-corrected chi connectivity index (χ1v) is 20.8. The van der Waals surface area contributed by atoms with Gasteiger partial charge < -0.3 is 14.4 Å². The van der Waals surface area contributed by atoms with Crippen molar-refractivity contribution >= 4 is 67.6 Å². The normalized spacial score (nSPS) is 11.8. The lowest BCUT2D eigenvalue weighted by atomic mass is 10.0. The third kappa shape index (κ3) is 6.39. The summed E-state index contributed by atoms with van der Waals surface area (Å²) < 4.78 is 14.3. The van der Waals surface area contributed by atoms with E-state index < -0.39 is 0 Å². The molecule has 0 fully saturated rings. The number of ether oxygens (including phenoxy) is 2. The first-order chi connectivity index (χ1) is 28.7. The highest BCUT2D eigenvalue weighted by Crippen LogP contribution is 2.59. The maximum absolute atomic E-state index is 6.59. The fraction of sp³-hybridized carbons (Fsp3) is 0.0192. The van der Waals surface area contributed by atoms with Crippen LogP contribution in [0.15, 0.2) is 187 Å². The van der Waals surface area contributed by atoms with Crippen LogP contribution in [0.3, 0.4) is 0 Å². The molecule has 3 heterocycles. The van der Waals surface area contributed by atoms with Gasteiger partial charge in [0.25, 0.3) is 0 Å². The van der Waals surface area contributed by atoms with E-state index in [-0.39, 0.29) is 0 Å². The highest BCUT2D eigenvalue weighted by Gasteiger charge is 2.29. The quantitative estimate of drug-likeness (QED) is 0.137. The van der Waals surface area contributed by atoms with Crippen LogP contribution < -0.4 is 14.4 Å². The lowest BCUT2D eigenvalue weighted by Gasteiger charge is -2.26. The summed E-state index contributed by atoms with van der Waals surface area (Å²) in [5, 5.41) is 2.13. The zero-order valence-corrected chi connectivity index (χ0v) is 33.3. The Bertz CT molecular complexity index is 2950. The molecule has 4 nitrogen and oxygen atoms in total. The Balaban J connectivity index is 1.05. The third-order valence-electron chi connectivity index (χ3n) is 10.4. The molecule has 0 spiro atoms. The van der Waals surface area contributed by atoms with Crippen LogP contribution >= 0.6 is 22.7 Å². The highest BCUT2D eigenvalue weighted by atomic mass is 32.1. The Morgan fingerprint density at radius 1 is 0.500 bits per heavy atom. The van der Waals surface area contributed by atoms with Gasteiger partial charge in [-0.1, -0.05) is 140 Å². The average molecular weight is 785 g/mol. The smallest absolute Gasteiger partial charge is 0.189 e. The molecule has 0 unspecified atom stereocenters. The number of fused-ring (bicyclic) bond motifs is 3. The molecule has 10 rings (SSSR count). The van der Waals surface area contributed by atoms with Crippen molar-refractivity contribution in [2.24, 2.45) is 4.99 Å². The fourth-order valence-electron chi connectivity index (χ4n) is 7.63. The van der Waals surface area contributed by atoms with Crippen LogP contribution in [-0.4, -0.2) is 6.72 Å². The number of anilines is 3. The van der Waals surface area contributed by atoms with Crippen LogP contribution in [-0.2, 0) is 0 Å². The number of rotatable bonds is 9. The van der Waals surface area contributed by atoms with Gasteiger partial charge in [0.2, 0.25) is 0 Å².